The lowest BCUT2D eigenvalue weighted by Crippen LogP contribution is -2.20. The van der Waals surface area contributed by atoms with Crippen molar-refractivity contribution in [1.82, 2.24) is 0 Å². The minimum absolute atomic E-state index is 0.0411. The van der Waals surface area contributed by atoms with E-state index in [2.05, 4.69) is 12.2 Å². The highest BCUT2D eigenvalue weighted by atomic mass is 16.5. The summed E-state index contributed by atoms with van der Waals surface area (Å²) in [5.41, 5.74) is 3.00. The summed E-state index contributed by atoms with van der Waals surface area (Å²) in [5.74, 6) is 1.17. The largest absolute Gasteiger partial charge is 0.489 e. The molecule has 0 saturated heterocycles. The molecule has 0 heterocycles. The van der Waals surface area contributed by atoms with Crippen molar-refractivity contribution in [3.05, 3.63) is 90.0 Å². The van der Waals surface area contributed by atoms with E-state index in [0.717, 1.165) is 12.0 Å². The van der Waals surface area contributed by atoms with Gasteiger partial charge in [0.25, 0.3) is 5.91 Å². The maximum absolute atomic E-state index is 12.1. The smallest absolute Gasteiger partial charge is 0.262 e. The average molecular weight is 361 g/mol. The first-order valence-electron chi connectivity index (χ1n) is 9.01. The van der Waals surface area contributed by atoms with Crippen molar-refractivity contribution in [2.75, 3.05) is 11.9 Å². The van der Waals surface area contributed by atoms with E-state index >= 15 is 0 Å². The normalized spacial score (nSPS) is 10.3. The molecule has 27 heavy (non-hydrogen) atoms. The molecule has 0 aliphatic rings. The van der Waals surface area contributed by atoms with Gasteiger partial charge in [-0.05, 0) is 41.8 Å². The molecule has 0 aromatic heterocycles. The molecule has 0 aliphatic carbocycles. The first kappa shape index (κ1) is 18.5. The lowest BCUT2D eigenvalue weighted by molar-refractivity contribution is -0.118. The number of rotatable bonds is 8. The van der Waals surface area contributed by atoms with Gasteiger partial charge in [0.1, 0.15) is 18.1 Å². The van der Waals surface area contributed by atoms with Crippen molar-refractivity contribution in [1.29, 1.82) is 0 Å². The molecule has 4 nitrogen and oxygen atoms in total. The molecule has 138 valence electrons. The Hall–Kier alpha value is -3.27. The van der Waals surface area contributed by atoms with Crippen molar-refractivity contribution in [2.45, 2.75) is 20.0 Å². The molecule has 0 atom stereocenters. The van der Waals surface area contributed by atoms with Gasteiger partial charge in [0, 0.05) is 11.8 Å². The maximum Gasteiger partial charge on any atom is 0.262 e. The molecule has 0 aliphatic heterocycles. The number of aryl methyl sites for hydroxylation is 1. The highest BCUT2D eigenvalue weighted by Crippen LogP contribution is 2.19. The summed E-state index contributed by atoms with van der Waals surface area (Å²) in [6, 6.07) is 25.0. The van der Waals surface area contributed by atoms with Crippen LogP contribution in [0.1, 0.15) is 18.1 Å². The number of benzene rings is 3. The van der Waals surface area contributed by atoms with Crippen LogP contribution < -0.4 is 14.8 Å². The topological polar surface area (TPSA) is 47.6 Å². The Morgan fingerprint density at radius 3 is 2.33 bits per heavy atom. The molecular formula is C23H23NO3. The highest BCUT2D eigenvalue weighted by molar-refractivity contribution is 5.92. The zero-order valence-corrected chi connectivity index (χ0v) is 15.4. The van der Waals surface area contributed by atoms with Gasteiger partial charge in [0.05, 0.1) is 0 Å². The molecule has 0 saturated carbocycles. The Kier molecular flexibility index (Phi) is 6.47. The highest BCUT2D eigenvalue weighted by Gasteiger charge is 2.05. The summed E-state index contributed by atoms with van der Waals surface area (Å²) >= 11 is 0. The standard InChI is InChI=1S/C23H23NO3/c1-2-18-11-13-21(14-12-18)27-17-23(25)24-20-9-6-10-22(15-20)26-16-19-7-4-3-5-8-19/h3-15H,2,16-17H2,1H3,(H,24,25). The van der Waals surface area contributed by atoms with Gasteiger partial charge in [0.15, 0.2) is 6.61 Å². The predicted octanol–water partition coefficient (Wildman–Crippen LogP) is 4.85. The SMILES string of the molecule is CCc1ccc(OCC(=O)Nc2cccc(OCc3ccccc3)c2)cc1. The summed E-state index contributed by atoms with van der Waals surface area (Å²) in [6.45, 7) is 2.54. The summed E-state index contributed by atoms with van der Waals surface area (Å²) in [7, 11) is 0. The third-order valence-corrected chi connectivity index (χ3v) is 4.07. The van der Waals surface area contributed by atoms with Crippen LogP contribution in [-0.4, -0.2) is 12.5 Å². The van der Waals surface area contributed by atoms with E-state index in [4.69, 9.17) is 9.47 Å². The number of carbonyl (C=O) groups excluding carboxylic acids is 1. The number of anilines is 1. The Morgan fingerprint density at radius 2 is 1.59 bits per heavy atom. The zero-order chi connectivity index (χ0) is 18.9. The second kappa shape index (κ2) is 9.43. The molecule has 1 amide bonds. The lowest BCUT2D eigenvalue weighted by atomic mass is 10.2. The van der Waals surface area contributed by atoms with Crippen LogP contribution in [0.2, 0.25) is 0 Å². The molecule has 0 spiro atoms. The van der Waals surface area contributed by atoms with Crippen LogP contribution in [0.4, 0.5) is 5.69 Å². The summed E-state index contributed by atoms with van der Waals surface area (Å²) in [6.07, 6.45) is 0.976. The fourth-order valence-corrected chi connectivity index (χ4v) is 2.57. The van der Waals surface area contributed by atoms with Crippen molar-refractivity contribution in [3.8, 4) is 11.5 Å². The number of amides is 1. The first-order chi connectivity index (χ1) is 13.2. The monoisotopic (exact) mass is 361 g/mol. The molecule has 0 fully saturated rings. The Balaban J connectivity index is 1.50. The maximum atomic E-state index is 12.1. The molecule has 1 N–H and O–H groups in total. The van der Waals surface area contributed by atoms with Crippen molar-refractivity contribution < 1.29 is 14.3 Å². The van der Waals surface area contributed by atoms with E-state index in [-0.39, 0.29) is 12.5 Å². The Bertz CT molecular complexity index is 860. The van der Waals surface area contributed by atoms with Crippen molar-refractivity contribution in [3.63, 3.8) is 0 Å². The van der Waals surface area contributed by atoms with E-state index in [1.807, 2.05) is 72.8 Å². The third-order valence-electron chi connectivity index (χ3n) is 4.07. The summed E-state index contributed by atoms with van der Waals surface area (Å²) in [4.78, 5) is 12.1. The van der Waals surface area contributed by atoms with Crippen LogP contribution in [-0.2, 0) is 17.8 Å². The Morgan fingerprint density at radius 1 is 0.815 bits per heavy atom. The van der Waals surface area contributed by atoms with E-state index < -0.39 is 0 Å². The second-order valence-electron chi connectivity index (χ2n) is 6.14. The predicted molar refractivity (Wildman–Crippen MR) is 107 cm³/mol. The fourth-order valence-electron chi connectivity index (χ4n) is 2.57. The Labute approximate surface area is 159 Å². The molecule has 0 bridgehead atoms. The van der Waals surface area contributed by atoms with E-state index in [1.165, 1.54) is 5.56 Å². The fraction of sp³-hybridized carbons (Fsp3) is 0.174. The van der Waals surface area contributed by atoms with Gasteiger partial charge in [0.2, 0.25) is 0 Å². The molecule has 0 unspecified atom stereocenters. The molecule has 3 aromatic rings. The number of ether oxygens (including phenoxy) is 2. The summed E-state index contributed by atoms with van der Waals surface area (Å²) < 4.78 is 11.3. The van der Waals surface area contributed by atoms with Crippen LogP contribution in [0.15, 0.2) is 78.9 Å². The average Bonchev–Trinajstić information content (AvgIpc) is 2.72. The van der Waals surface area contributed by atoms with Gasteiger partial charge < -0.3 is 14.8 Å². The van der Waals surface area contributed by atoms with Crippen LogP contribution in [0, 0.1) is 0 Å². The molecule has 3 rings (SSSR count). The molecule has 0 radical (unpaired) electrons. The molecule has 3 aromatic carbocycles. The zero-order valence-electron chi connectivity index (χ0n) is 15.4. The number of carbonyl (C=O) groups is 1. The van der Waals surface area contributed by atoms with Gasteiger partial charge in [-0.2, -0.15) is 0 Å². The quantitative estimate of drug-likeness (QED) is 0.624. The molecular weight excluding hydrogens is 338 g/mol. The van der Waals surface area contributed by atoms with Crippen LogP contribution >= 0.6 is 0 Å². The minimum Gasteiger partial charge on any atom is -0.489 e. The van der Waals surface area contributed by atoms with Gasteiger partial charge in [-0.25, -0.2) is 0 Å². The van der Waals surface area contributed by atoms with Crippen LogP contribution in [0.3, 0.4) is 0 Å². The van der Waals surface area contributed by atoms with Gasteiger partial charge >= 0.3 is 0 Å². The van der Waals surface area contributed by atoms with Gasteiger partial charge in [-0.3, -0.25) is 4.79 Å². The van der Waals surface area contributed by atoms with E-state index in [9.17, 15) is 4.79 Å². The van der Waals surface area contributed by atoms with Crippen molar-refractivity contribution >= 4 is 11.6 Å². The first-order valence-corrected chi connectivity index (χ1v) is 9.01. The van der Waals surface area contributed by atoms with Crippen molar-refractivity contribution in [2.24, 2.45) is 0 Å². The van der Waals surface area contributed by atoms with E-state index in [0.29, 0.717) is 23.8 Å². The number of hydrogen-bond donors (Lipinski definition) is 1. The second-order valence-corrected chi connectivity index (χ2v) is 6.14. The van der Waals surface area contributed by atoms with Crippen LogP contribution in [0.25, 0.3) is 0 Å². The number of nitrogens with one attached hydrogen (secondary N) is 1. The van der Waals surface area contributed by atoms with E-state index in [1.54, 1.807) is 6.07 Å². The van der Waals surface area contributed by atoms with Gasteiger partial charge in [-0.15, -0.1) is 0 Å². The third kappa shape index (κ3) is 5.89. The number of hydrogen-bond acceptors (Lipinski definition) is 3. The lowest BCUT2D eigenvalue weighted by Gasteiger charge is -2.10. The minimum atomic E-state index is -0.213. The van der Waals surface area contributed by atoms with Crippen LogP contribution in [0.5, 0.6) is 11.5 Å². The molecule has 4 heteroatoms. The van der Waals surface area contributed by atoms with Gasteiger partial charge in [-0.1, -0.05) is 55.5 Å². The summed E-state index contributed by atoms with van der Waals surface area (Å²) in [5, 5.41) is 2.83.